The lowest BCUT2D eigenvalue weighted by Gasteiger charge is -2.33. The Bertz CT molecular complexity index is 695. The van der Waals surface area contributed by atoms with Crippen molar-refractivity contribution in [2.24, 2.45) is 5.92 Å². The smallest absolute Gasteiger partial charge is 0.253 e. The topological polar surface area (TPSA) is 73.1 Å². The predicted molar refractivity (Wildman–Crippen MR) is 86.2 cm³/mol. The fraction of sp³-hybridized carbons (Fsp3) is 0.500. The van der Waals surface area contributed by atoms with Gasteiger partial charge in [-0.2, -0.15) is 0 Å². The average Bonchev–Trinajstić information content (AvgIpc) is 2.58. The molecule has 1 saturated heterocycles. The monoisotopic (exact) mass is 315 g/mol. The van der Waals surface area contributed by atoms with Gasteiger partial charge in [-0.05, 0) is 24.8 Å². The first-order valence-corrected chi connectivity index (χ1v) is 7.82. The Morgan fingerprint density at radius 1 is 1.26 bits per heavy atom. The second-order valence-electron chi connectivity index (χ2n) is 5.77. The van der Waals surface area contributed by atoms with Gasteiger partial charge in [-0.3, -0.25) is 9.36 Å². The molecular formula is C16H21N5O2. The maximum Gasteiger partial charge on any atom is 0.253 e. The Hall–Kier alpha value is -2.28. The minimum Gasteiger partial charge on any atom is -0.377 e. The summed E-state index contributed by atoms with van der Waals surface area (Å²) in [6.45, 7) is 3.03. The molecule has 122 valence electrons. The van der Waals surface area contributed by atoms with Crippen molar-refractivity contribution < 1.29 is 4.74 Å². The highest BCUT2D eigenvalue weighted by Gasteiger charge is 2.21. The second kappa shape index (κ2) is 7.32. The first kappa shape index (κ1) is 15.6. The molecule has 0 atom stereocenters. The van der Waals surface area contributed by atoms with Crippen LogP contribution < -0.4 is 10.5 Å². The van der Waals surface area contributed by atoms with Gasteiger partial charge >= 0.3 is 0 Å². The van der Waals surface area contributed by atoms with Crippen LogP contribution in [0.5, 0.6) is 0 Å². The average molecular weight is 315 g/mol. The van der Waals surface area contributed by atoms with E-state index >= 15 is 0 Å². The van der Waals surface area contributed by atoms with Gasteiger partial charge in [0.25, 0.3) is 5.56 Å². The number of hydrogen-bond donors (Lipinski definition) is 0. The van der Waals surface area contributed by atoms with E-state index in [0.717, 1.165) is 38.3 Å². The van der Waals surface area contributed by atoms with Crippen molar-refractivity contribution in [2.75, 3.05) is 25.1 Å². The van der Waals surface area contributed by atoms with E-state index in [1.807, 2.05) is 6.07 Å². The number of anilines is 1. The summed E-state index contributed by atoms with van der Waals surface area (Å²) in [5.74, 6) is 2.14. The van der Waals surface area contributed by atoms with Crippen molar-refractivity contribution in [3.8, 4) is 0 Å². The number of methoxy groups -OCH3 is 1. The van der Waals surface area contributed by atoms with Crippen LogP contribution in [-0.2, 0) is 17.9 Å². The van der Waals surface area contributed by atoms with E-state index in [1.165, 1.54) is 12.3 Å². The van der Waals surface area contributed by atoms with Gasteiger partial charge in [0.1, 0.15) is 12.4 Å². The molecule has 3 heterocycles. The summed E-state index contributed by atoms with van der Waals surface area (Å²) in [6, 6.07) is 3.44. The normalized spacial score (nSPS) is 15.8. The molecule has 0 aromatic carbocycles. The number of nitrogens with zero attached hydrogens (tertiary/aromatic N) is 5. The molecule has 0 N–H and O–H groups in total. The summed E-state index contributed by atoms with van der Waals surface area (Å²) < 4.78 is 6.78. The third kappa shape index (κ3) is 3.92. The Balaban J connectivity index is 1.59. The molecule has 7 heteroatoms. The van der Waals surface area contributed by atoms with Gasteiger partial charge in [-0.1, -0.05) is 0 Å². The van der Waals surface area contributed by atoms with Gasteiger partial charge in [0.2, 0.25) is 0 Å². The number of hydrogen-bond acceptors (Lipinski definition) is 6. The lowest BCUT2D eigenvalue weighted by atomic mass is 9.96. The van der Waals surface area contributed by atoms with E-state index in [-0.39, 0.29) is 5.56 Å². The van der Waals surface area contributed by atoms with E-state index in [1.54, 1.807) is 24.2 Å². The van der Waals surface area contributed by atoms with Crippen LogP contribution in [0.1, 0.15) is 18.7 Å². The van der Waals surface area contributed by atoms with Crippen molar-refractivity contribution in [2.45, 2.75) is 26.0 Å². The number of rotatable bonds is 5. The molecule has 0 aliphatic carbocycles. The molecule has 0 bridgehead atoms. The molecule has 0 unspecified atom stereocenters. The van der Waals surface area contributed by atoms with Gasteiger partial charge in [0.15, 0.2) is 5.82 Å². The minimum atomic E-state index is 0.0161. The van der Waals surface area contributed by atoms with Crippen molar-refractivity contribution in [1.82, 2.24) is 19.5 Å². The molecule has 0 spiro atoms. The maximum absolute atomic E-state index is 11.8. The molecular weight excluding hydrogens is 294 g/mol. The first-order valence-electron chi connectivity index (χ1n) is 7.82. The lowest BCUT2D eigenvalue weighted by molar-refractivity contribution is 0.177. The molecule has 1 aliphatic rings. The highest BCUT2D eigenvalue weighted by molar-refractivity contribution is 5.37. The summed E-state index contributed by atoms with van der Waals surface area (Å²) in [6.07, 6.45) is 7.00. The summed E-state index contributed by atoms with van der Waals surface area (Å²) in [7, 11) is 1.64. The van der Waals surface area contributed by atoms with E-state index < -0.39 is 0 Å². The highest BCUT2D eigenvalue weighted by atomic mass is 16.5. The SMILES string of the molecule is COCc1nccc(N2CCC(Cn3cnccc3=O)CC2)n1. The minimum absolute atomic E-state index is 0.0161. The maximum atomic E-state index is 11.8. The van der Waals surface area contributed by atoms with Crippen LogP contribution >= 0.6 is 0 Å². The molecule has 2 aromatic heterocycles. The summed E-state index contributed by atoms with van der Waals surface area (Å²) in [5.41, 5.74) is 0.0161. The van der Waals surface area contributed by atoms with Gasteiger partial charge in [0, 0.05) is 45.2 Å². The summed E-state index contributed by atoms with van der Waals surface area (Å²) in [5, 5.41) is 0. The fourth-order valence-corrected chi connectivity index (χ4v) is 2.90. The van der Waals surface area contributed by atoms with Crippen LogP contribution in [0.4, 0.5) is 5.82 Å². The zero-order valence-corrected chi connectivity index (χ0v) is 13.3. The molecule has 0 radical (unpaired) electrons. The van der Waals surface area contributed by atoms with Crippen LogP contribution in [-0.4, -0.2) is 39.7 Å². The van der Waals surface area contributed by atoms with Crippen molar-refractivity contribution in [1.29, 1.82) is 0 Å². The molecule has 0 saturated carbocycles. The number of aromatic nitrogens is 4. The van der Waals surface area contributed by atoms with Crippen molar-refractivity contribution in [3.63, 3.8) is 0 Å². The highest BCUT2D eigenvalue weighted by Crippen LogP contribution is 2.22. The largest absolute Gasteiger partial charge is 0.377 e. The van der Waals surface area contributed by atoms with Crippen molar-refractivity contribution >= 4 is 5.82 Å². The molecule has 1 fully saturated rings. The lowest BCUT2D eigenvalue weighted by Crippen LogP contribution is -2.36. The van der Waals surface area contributed by atoms with Crippen LogP contribution in [0.3, 0.4) is 0 Å². The fourth-order valence-electron chi connectivity index (χ4n) is 2.90. The quantitative estimate of drug-likeness (QED) is 0.822. The molecule has 1 aliphatic heterocycles. The number of ether oxygens (including phenoxy) is 1. The molecule has 0 amide bonds. The second-order valence-corrected chi connectivity index (χ2v) is 5.77. The third-order valence-corrected chi connectivity index (χ3v) is 4.15. The summed E-state index contributed by atoms with van der Waals surface area (Å²) >= 11 is 0. The third-order valence-electron chi connectivity index (χ3n) is 4.15. The van der Waals surface area contributed by atoms with Crippen molar-refractivity contribution in [3.05, 3.63) is 47.0 Å². The Labute approximate surface area is 135 Å². The van der Waals surface area contributed by atoms with E-state index in [2.05, 4.69) is 19.9 Å². The zero-order valence-electron chi connectivity index (χ0n) is 13.3. The first-order chi connectivity index (χ1) is 11.3. The van der Waals surface area contributed by atoms with Gasteiger partial charge in [0.05, 0.1) is 6.33 Å². The molecule has 3 rings (SSSR count). The Morgan fingerprint density at radius 2 is 2.09 bits per heavy atom. The Morgan fingerprint density at radius 3 is 2.83 bits per heavy atom. The van der Waals surface area contributed by atoms with Crippen LogP contribution in [0, 0.1) is 5.92 Å². The van der Waals surface area contributed by atoms with Crippen LogP contribution in [0.25, 0.3) is 0 Å². The van der Waals surface area contributed by atoms with Gasteiger partial charge in [-0.15, -0.1) is 0 Å². The van der Waals surface area contributed by atoms with E-state index in [4.69, 9.17) is 4.74 Å². The molecule has 7 nitrogen and oxygen atoms in total. The van der Waals surface area contributed by atoms with Gasteiger partial charge < -0.3 is 9.64 Å². The molecule has 23 heavy (non-hydrogen) atoms. The van der Waals surface area contributed by atoms with E-state index in [0.29, 0.717) is 18.3 Å². The summed E-state index contributed by atoms with van der Waals surface area (Å²) in [4.78, 5) is 26.8. The standard InChI is InChI=1S/C16H21N5O2/c1-23-11-14-18-7-2-15(19-14)20-8-4-13(5-9-20)10-21-12-17-6-3-16(21)22/h2-3,6-7,12-13H,4-5,8-11H2,1H3. The number of piperidine rings is 1. The Kier molecular flexibility index (Phi) is 4.97. The predicted octanol–water partition coefficient (Wildman–Crippen LogP) is 1.10. The van der Waals surface area contributed by atoms with E-state index in [9.17, 15) is 4.79 Å². The zero-order chi connectivity index (χ0) is 16.1. The van der Waals surface area contributed by atoms with Crippen LogP contribution in [0.15, 0.2) is 35.6 Å². The molecule has 2 aromatic rings. The van der Waals surface area contributed by atoms with Crippen LogP contribution in [0.2, 0.25) is 0 Å². The van der Waals surface area contributed by atoms with Gasteiger partial charge in [-0.25, -0.2) is 15.0 Å².